The molecule has 0 fully saturated rings. The van der Waals surface area contributed by atoms with Crippen molar-refractivity contribution >= 4 is 17.4 Å². The molecule has 0 atom stereocenters. The Labute approximate surface area is 113 Å². The molecule has 0 bridgehead atoms. The predicted octanol–water partition coefficient (Wildman–Crippen LogP) is 3.32. The van der Waals surface area contributed by atoms with Gasteiger partial charge in [-0.2, -0.15) is 5.10 Å². The third kappa shape index (κ3) is 2.88. The lowest BCUT2D eigenvalue weighted by atomic mass is 10.3. The Kier molecular flexibility index (Phi) is 4.31. The quantitative estimate of drug-likeness (QED) is 0.837. The van der Waals surface area contributed by atoms with E-state index in [1.807, 2.05) is 11.7 Å². The van der Waals surface area contributed by atoms with E-state index in [0.717, 1.165) is 18.7 Å². The minimum absolute atomic E-state index is 0.807. The number of benzene rings is 1. The smallest absolute Gasteiger partial charge is 0.0625 e. The fourth-order valence-electron chi connectivity index (χ4n) is 1.89. The molecule has 2 rings (SSSR count). The number of rotatable bonds is 5. The summed E-state index contributed by atoms with van der Waals surface area (Å²) in [7, 11) is 2.00. The third-order valence-corrected chi connectivity index (χ3v) is 3.75. The highest BCUT2D eigenvalue weighted by molar-refractivity contribution is 7.98. The van der Waals surface area contributed by atoms with Crippen LogP contribution in [0.1, 0.15) is 18.3 Å². The van der Waals surface area contributed by atoms with Crippen molar-refractivity contribution in [2.45, 2.75) is 24.8 Å². The molecule has 0 aliphatic carbocycles. The normalized spacial score (nSPS) is 10.6. The van der Waals surface area contributed by atoms with Crippen LogP contribution in [0.15, 0.2) is 35.2 Å². The molecule has 1 aromatic carbocycles. The van der Waals surface area contributed by atoms with Gasteiger partial charge in [0.1, 0.15) is 0 Å². The van der Waals surface area contributed by atoms with E-state index >= 15 is 0 Å². The van der Waals surface area contributed by atoms with Crippen LogP contribution in [0.25, 0.3) is 0 Å². The van der Waals surface area contributed by atoms with E-state index in [4.69, 9.17) is 0 Å². The van der Waals surface area contributed by atoms with Crippen molar-refractivity contribution < 1.29 is 0 Å². The van der Waals surface area contributed by atoms with Crippen molar-refractivity contribution in [1.82, 2.24) is 9.78 Å². The minimum Gasteiger partial charge on any atom is -0.378 e. The van der Waals surface area contributed by atoms with E-state index in [1.165, 1.54) is 16.3 Å². The molecule has 4 heteroatoms. The Morgan fingerprint density at radius 1 is 1.33 bits per heavy atom. The van der Waals surface area contributed by atoms with Gasteiger partial charge in [0, 0.05) is 17.6 Å². The average Bonchev–Trinajstić information content (AvgIpc) is 2.77. The maximum Gasteiger partial charge on any atom is 0.0625 e. The molecule has 0 spiro atoms. The number of thioether (sulfide) groups is 1. The second kappa shape index (κ2) is 5.96. The van der Waals surface area contributed by atoms with Gasteiger partial charge in [-0.15, -0.1) is 11.8 Å². The monoisotopic (exact) mass is 261 g/mol. The maximum atomic E-state index is 4.46. The maximum absolute atomic E-state index is 4.46. The second-order valence-corrected chi connectivity index (χ2v) is 5.01. The third-order valence-electron chi connectivity index (χ3n) is 2.96. The highest BCUT2D eigenvalue weighted by atomic mass is 32.2. The van der Waals surface area contributed by atoms with Crippen LogP contribution < -0.4 is 5.32 Å². The minimum atomic E-state index is 0.807. The summed E-state index contributed by atoms with van der Waals surface area (Å²) in [5.41, 5.74) is 3.54. The van der Waals surface area contributed by atoms with Gasteiger partial charge in [0.2, 0.25) is 0 Å². The Balaban J connectivity index is 2.08. The van der Waals surface area contributed by atoms with E-state index in [1.54, 1.807) is 11.8 Å². The molecular weight excluding hydrogens is 242 g/mol. The number of hydrogen-bond donors (Lipinski definition) is 1. The summed E-state index contributed by atoms with van der Waals surface area (Å²) in [4.78, 5) is 1.27. The lowest BCUT2D eigenvalue weighted by Gasteiger charge is -2.10. The van der Waals surface area contributed by atoms with Gasteiger partial charge in [0.05, 0.1) is 17.9 Å². The summed E-state index contributed by atoms with van der Waals surface area (Å²) >= 11 is 1.76. The molecule has 0 radical (unpaired) electrons. The van der Waals surface area contributed by atoms with Gasteiger partial charge in [-0.1, -0.05) is 19.1 Å². The van der Waals surface area contributed by atoms with Gasteiger partial charge < -0.3 is 5.32 Å². The van der Waals surface area contributed by atoms with Crippen molar-refractivity contribution in [2.24, 2.45) is 7.05 Å². The van der Waals surface area contributed by atoms with E-state index < -0.39 is 0 Å². The zero-order valence-corrected chi connectivity index (χ0v) is 11.9. The summed E-state index contributed by atoms with van der Waals surface area (Å²) < 4.78 is 1.95. The molecule has 1 heterocycles. The van der Waals surface area contributed by atoms with Crippen LogP contribution in [0.2, 0.25) is 0 Å². The van der Waals surface area contributed by atoms with Gasteiger partial charge in [-0.25, -0.2) is 0 Å². The Hall–Kier alpha value is -1.42. The first kappa shape index (κ1) is 13.0. The first-order valence-corrected chi connectivity index (χ1v) is 7.35. The number of nitrogens with one attached hydrogen (secondary N) is 1. The summed E-state index contributed by atoms with van der Waals surface area (Å²) in [5, 5.41) is 7.93. The van der Waals surface area contributed by atoms with Crippen LogP contribution >= 0.6 is 11.8 Å². The summed E-state index contributed by atoms with van der Waals surface area (Å²) in [6.07, 6.45) is 3.08. The van der Waals surface area contributed by atoms with Gasteiger partial charge in [0.15, 0.2) is 0 Å². The van der Waals surface area contributed by atoms with E-state index in [2.05, 4.69) is 53.9 Å². The number of aryl methyl sites for hydroxylation is 2. The van der Waals surface area contributed by atoms with Crippen LogP contribution in [0, 0.1) is 0 Å². The molecule has 96 valence electrons. The van der Waals surface area contributed by atoms with Crippen molar-refractivity contribution in [2.75, 3.05) is 11.6 Å². The molecule has 0 unspecified atom stereocenters. The van der Waals surface area contributed by atoms with E-state index in [0.29, 0.717) is 0 Å². The fraction of sp³-hybridized carbons (Fsp3) is 0.357. The molecule has 2 aromatic rings. The number of anilines is 1. The second-order valence-electron chi connectivity index (χ2n) is 4.16. The number of nitrogens with zero attached hydrogens (tertiary/aromatic N) is 2. The summed E-state index contributed by atoms with van der Waals surface area (Å²) in [6, 6.07) is 10.5. The number of hydrogen-bond acceptors (Lipinski definition) is 3. The van der Waals surface area contributed by atoms with Gasteiger partial charge >= 0.3 is 0 Å². The Morgan fingerprint density at radius 2 is 2.11 bits per heavy atom. The molecule has 18 heavy (non-hydrogen) atoms. The molecule has 3 nitrogen and oxygen atoms in total. The van der Waals surface area contributed by atoms with E-state index in [9.17, 15) is 0 Å². The topological polar surface area (TPSA) is 29.9 Å². The average molecular weight is 261 g/mol. The molecule has 1 N–H and O–H groups in total. The zero-order chi connectivity index (χ0) is 13.0. The first-order chi connectivity index (χ1) is 8.74. The largest absolute Gasteiger partial charge is 0.378 e. The van der Waals surface area contributed by atoms with Gasteiger partial charge in [-0.3, -0.25) is 4.68 Å². The zero-order valence-electron chi connectivity index (χ0n) is 11.1. The fourth-order valence-corrected chi connectivity index (χ4v) is 2.46. The van der Waals surface area contributed by atoms with Crippen molar-refractivity contribution in [3.05, 3.63) is 41.7 Å². The molecule has 0 aliphatic heterocycles. The standard InChI is InChI=1S/C14H19N3S/c1-4-11-9-12(17(2)16-11)10-15-13-7-5-6-8-14(13)18-3/h5-9,15H,4,10H2,1-3H3. The predicted molar refractivity (Wildman–Crippen MR) is 78.1 cm³/mol. The van der Waals surface area contributed by atoms with Crippen LogP contribution in [0.4, 0.5) is 5.69 Å². The van der Waals surface area contributed by atoms with Crippen LogP contribution in [0.3, 0.4) is 0 Å². The molecule has 0 amide bonds. The van der Waals surface area contributed by atoms with Crippen LogP contribution in [0.5, 0.6) is 0 Å². The molecule has 0 saturated heterocycles. The van der Waals surface area contributed by atoms with Gasteiger partial charge in [-0.05, 0) is 30.9 Å². The van der Waals surface area contributed by atoms with Crippen molar-refractivity contribution in [1.29, 1.82) is 0 Å². The molecular formula is C14H19N3S. The highest BCUT2D eigenvalue weighted by Crippen LogP contribution is 2.25. The first-order valence-electron chi connectivity index (χ1n) is 6.13. The lowest BCUT2D eigenvalue weighted by Crippen LogP contribution is -2.05. The molecule has 1 aromatic heterocycles. The van der Waals surface area contributed by atoms with Crippen molar-refractivity contribution in [3.63, 3.8) is 0 Å². The highest BCUT2D eigenvalue weighted by Gasteiger charge is 2.05. The lowest BCUT2D eigenvalue weighted by molar-refractivity contribution is 0.706. The molecule has 0 saturated carbocycles. The van der Waals surface area contributed by atoms with Crippen molar-refractivity contribution in [3.8, 4) is 0 Å². The number of aromatic nitrogens is 2. The summed E-state index contributed by atoms with van der Waals surface area (Å²) in [5.74, 6) is 0. The van der Waals surface area contributed by atoms with Crippen LogP contribution in [-0.2, 0) is 20.0 Å². The van der Waals surface area contributed by atoms with Crippen LogP contribution in [-0.4, -0.2) is 16.0 Å². The number of para-hydroxylation sites is 1. The Morgan fingerprint density at radius 3 is 2.78 bits per heavy atom. The summed E-state index contributed by atoms with van der Waals surface area (Å²) in [6.45, 7) is 2.93. The SMILES string of the molecule is CCc1cc(CNc2ccccc2SC)n(C)n1. The van der Waals surface area contributed by atoms with Gasteiger partial charge in [0.25, 0.3) is 0 Å². The van der Waals surface area contributed by atoms with E-state index in [-0.39, 0.29) is 0 Å². The Bertz CT molecular complexity index is 520. The molecule has 0 aliphatic rings.